The van der Waals surface area contributed by atoms with Crippen LogP contribution in [-0.2, 0) is 59.4 Å². The molecule has 20 rings (SSSR count). The van der Waals surface area contributed by atoms with Crippen LogP contribution >= 0.6 is 11.6 Å². The summed E-state index contributed by atoms with van der Waals surface area (Å²) in [5.74, 6) is 1.38. The molecule has 0 radical (unpaired) electrons. The highest BCUT2D eigenvalue weighted by Crippen LogP contribution is 2.39. The third-order valence-corrected chi connectivity index (χ3v) is 24.5. The Hall–Kier alpha value is -12.6. The van der Waals surface area contributed by atoms with E-state index < -0.39 is 46.8 Å². The highest BCUT2D eigenvalue weighted by atomic mass is 35.5. The molecular formula is C92H103ClF2N22O11. The third kappa shape index (κ3) is 19.6. The Morgan fingerprint density at radius 1 is 0.508 bits per heavy atom. The zero-order chi connectivity index (χ0) is 90.0. The van der Waals surface area contributed by atoms with E-state index in [-0.39, 0.29) is 111 Å². The Balaban J connectivity index is 0.000000122. The topological polar surface area (TPSA) is 329 Å². The van der Waals surface area contributed by atoms with E-state index >= 15 is 4.39 Å². The van der Waals surface area contributed by atoms with E-state index in [9.17, 15) is 38.9 Å². The second kappa shape index (κ2) is 37.8. The number of aromatic amines is 1. The molecule has 0 bridgehead atoms. The first-order chi connectivity index (χ1) is 61.5. The van der Waals surface area contributed by atoms with Crippen LogP contribution in [-0.4, -0.2) is 295 Å². The highest BCUT2D eigenvalue weighted by Gasteiger charge is 2.47. The Morgan fingerprint density at radius 2 is 0.938 bits per heavy atom. The predicted molar refractivity (Wildman–Crippen MR) is 471 cm³/mol. The number of imide groups is 2. The lowest BCUT2D eigenvalue weighted by Crippen LogP contribution is -2.51. The number of rotatable bonds is 11. The van der Waals surface area contributed by atoms with Gasteiger partial charge in [0.2, 0.25) is 5.91 Å². The largest absolute Gasteiger partial charge is 0.443 e. The zero-order valence-electron chi connectivity index (χ0n) is 73.1. The van der Waals surface area contributed by atoms with E-state index in [1.807, 2.05) is 82.1 Å². The Kier molecular flexibility index (Phi) is 26.2. The van der Waals surface area contributed by atoms with Crippen molar-refractivity contribution in [3.8, 4) is 40.3 Å². The molecule has 16 heterocycles. The molecule has 6 aromatic heterocycles. The molecule has 0 saturated carbocycles. The van der Waals surface area contributed by atoms with Crippen molar-refractivity contribution in [1.29, 1.82) is 10.5 Å². The molecule has 10 aromatic rings. The number of nitrogens with one attached hydrogen (secondary N) is 1. The van der Waals surface area contributed by atoms with Crippen LogP contribution < -0.4 is 19.6 Å². The summed E-state index contributed by atoms with van der Waals surface area (Å²) in [4.78, 5) is 91.7. The van der Waals surface area contributed by atoms with Crippen LogP contribution in [0.15, 0.2) is 158 Å². The monoisotopic (exact) mass is 1760 g/mol. The number of carbonyl (C=O) groups is 5. The molecule has 0 aliphatic carbocycles. The van der Waals surface area contributed by atoms with Gasteiger partial charge in [-0.1, -0.05) is 84.4 Å². The van der Waals surface area contributed by atoms with Crippen molar-refractivity contribution in [1.82, 2.24) is 78.9 Å². The number of carbonyl (C=O) groups excluding carboxylic acids is 5. The number of nitrogens with zero attached hydrogens (tertiary/aromatic N) is 21. The maximum absolute atomic E-state index is 15.1. The fourth-order valence-electron chi connectivity index (χ4n) is 17.6. The van der Waals surface area contributed by atoms with Gasteiger partial charge in [-0.2, -0.15) is 30.9 Å². The fourth-order valence-corrected chi connectivity index (χ4v) is 17.8. The molecule has 10 aliphatic heterocycles. The second-order valence-electron chi connectivity index (χ2n) is 35.1. The van der Waals surface area contributed by atoms with Crippen LogP contribution in [0.3, 0.4) is 0 Å². The van der Waals surface area contributed by atoms with Crippen LogP contribution in [0.25, 0.3) is 28.2 Å². The van der Waals surface area contributed by atoms with Crippen LogP contribution in [0, 0.1) is 34.3 Å². The number of amides is 5. The van der Waals surface area contributed by atoms with Crippen molar-refractivity contribution < 1.29 is 61.2 Å². The summed E-state index contributed by atoms with van der Waals surface area (Å²) in [6.07, 6.45) is 6.79. The number of ether oxygens (including phenoxy) is 6. The van der Waals surface area contributed by atoms with Crippen LogP contribution in [0.2, 0.25) is 5.02 Å². The van der Waals surface area contributed by atoms with E-state index in [0.29, 0.717) is 48.9 Å². The molecular weight excluding hydrogens is 1660 g/mol. The number of morpholine rings is 4. The molecule has 4 aromatic carbocycles. The van der Waals surface area contributed by atoms with E-state index in [4.69, 9.17) is 50.2 Å². The van der Waals surface area contributed by atoms with Crippen LogP contribution in [0.1, 0.15) is 95.9 Å². The molecule has 0 spiro atoms. The van der Waals surface area contributed by atoms with Gasteiger partial charge in [0, 0.05) is 122 Å². The Labute approximate surface area is 745 Å². The molecule has 128 heavy (non-hydrogen) atoms. The summed E-state index contributed by atoms with van der Waals surface area (Å²) in [7, 11) is 8.32. The quantitative estimate of drug-likeness (QED) is 0.126. The third-order valence-electron chi connectivity index (χ3n) is 24.2. The van der Waals surface area contributed by atoms with Crippen LogP contribution in [0.5, 0.6) is 0 Å². The van der Waals surface area contributed by atoms with Gasteiger partial charge in [-0.05, 0) is 110 Å². The molecule has 8 fully saturated rings. The number of nitriles is 2. The van der Waals surface area contributed by atoms with Crippen molar-refractivity contribution in [2.75, 3.05) is 146 Å². The number of hydrogen-bond acceptors (Lipinski definition) is 26. The van der Waals surface area contributed by atoms with E-state index in [1.54, 1.807) is 53.9 Å². The minimum absolute atomic E-state index is 0.00660. The smallest absolute Gasteiger partial charge is 0.417 e. The van der Waals surface area contributed by atoms with E-state index in [0.717, 1.165) is 119 Å². The first kappa shape index (κ1) is 88.8. The summed E-state index contributed by atoms with van der Waals surface area (Å²) in [6.45, 7) is 23.9. The average Bonchev–Trinajstić information content (AvgIpc) is 1.63. The number of aromatic nitrogens is 10. The van der Waals surface area contributed by atoms with Gasteiger partial charge >= 0.3 is 12.2 Å². The molecule has 668 valence electrons. The SMILES string of the molecule is CC(C)(C)OC(=O)N1Cc2nc(-c3c(F)cccc3C#N)cc(Cl)c2C1=O.CN1C(=O)CO[C@@H]2CN(c3ccn(Cc4ccccc4)n3)C[C@@H]21.CN1CCOC2CN(c3ccn(-c4cc(-c5c(F)cccc5C#N)nc5c4C(=O)N(C(=O)OC(C)(C)C)C5)n3)C[C@@H]21.CN1CCO[C@@H]2CN(c3ccn(Cc4ccccc4)n3)C[C@@H]21.CN1CCO[C@@H]2CN(c3ccn[nH]3)C[C@@H]21. The van der Waals surface area contributed by atoms with Gasteiger partial charge in [0.15, 0.2) is 17.5 Å². The maximum atomic E-state index is 15.1. The molecule has 36 heteroatoms. The summed E-state index contributed by atoms with van der Waals surface area (Å²) in [5.41, 5.74) is 2.43. The second-order valence-corrected chi connectivity index (χ2v) is 35.5. The lowest BCUT2D eigenvalue weighted by atomic mass is 10.0. The maximum Gasteiger partial charge on any atom is 0.417 e. The number of fused-ring (bicyclic) bond motifs is 6. The number of hydrogen-bond donors (Lipinski definition) is 1. The van der Waals surface area contributed by atoms with Gasteiger partial charge in [0.1, 0.15) is 35.3 Å². The van der Waals surface area contributed by atoms with Crippen molar-refractivity contribution in [2.45, 2.75) is 128 Å². The lowest BCUT2D eigenvalue weighted by molar-refractivity contribution is -0.150. The highest BCUT2D eigenvalue weighted by molar-refractivity contribution is 6.35. The number of likely N-dealkylation sites (N-methyl/N-ethyl adjacent to an activating group) is 4. The summed E-state index contributed by atoms with van der Waals surface area (Å²) >= 11 is 6.23. The first-order valence-electron chi connectivity index (χ1n) is 42.7. The zero-order valence-corrected chi connectivity index (χ0v) is 73.8. The van der Waals surface area contributed by atoms with Crippen molar-refractivity contribution >= 4 is 64.8 Å². The lowest BCUT2D eigenvalue weighted by Gasteiger charge is -2.33. The first-order valence-corrected chi connectivity index (χ1v) is 43.1. The Bertz CT molecular complexity index is 5800. The van der Waals surface area contributed by atoms with Crippen molar-refractivity contribution in [2.24, 2.45) is 0 Å². The fraction of sp³-hybridized carbons (Fsp3) is 0.424. The minimum Gasteiger partial charge on any atom is -0.443 e. The van der Waals surface area contributed by atoms with Gasteiger partial charge in [0.05, 0.1) is 180 Å². The van der Waals surface area contributed by atoms with Gasteiger partial charge in [-0.25, -0.2) is 42.8 Å². The predicted octanol–water partition coefficient (Wildman–Crippen LogP) is 10.0. The Morgan fingerprint density at radius 3 is 1.40 bits per heavy atom. The minimum atomic E-state index is -0.815. The number of H-pyrrole nitrogens is 1. The molecule has 33 nitrogen and oxygen atoms in total. The molecule has 1 N–H and O–H groups in total. The van der Waals surface area contributed by atoms with Crippen molar-refractivity contribution in [3.63, 3.8) is 0 Å². The van der Waals surface area contributed by atoms with Crippen LogP contribution in [0.4, 0.5) is 41.6 Å². The number of benzene rings is 4. The van der Waals surface area contributed by atoms with E-state index in [1.165, 1.54) is 64.3 Å². The number of pyridine rings is 2. The normalized spacial score (nSPS) is 21.9. The molecule has 8 atom stereocenters. The van der Waals surface area contributed by atoms with Gasteiger partial charge in [-0.3, -0.25) is 43.5 Å². The molecule has 10 aliphatic rings. The molecule has 8 saturated heterocycles. The van der Waals surface area contributed by atoms with Gasteiger partial charge < -0.3 is 52.9 Å². The van der Waals surface area contributed by atoms with E-state index in [2.05, 4.69) is 129 Å². The number of anilines is 4. The van der Waals surface area contributed by atoms with Gasteiger partial charge in [0.25, 0.3) is 11.8 Å². The summed E-state index contributed by atoms with van der Waals surface area (Å²) in [6, 6.07) is 45.2. The molecule has 1 unspecified atom stereocenters. The summed E-state index contributed by atoms with van der Waals surface area (Å²) < 4.78 is 68.9. The van der Waals surface area contributed by atoms with Gasteiger partial charge in [-0.15, -0.1) is 0 Å². The standard InChI is InChI=1S/C29H30FN7O4.C19H15ClFN3O3.C17H20N4O2.C17H22N4O.C10H16N4O/c1-29(2,3)41-28(39)36-14-20-26(27(36)38)21(12-19(32-20)25-17(13-31)6-5-7-18(25)30)37-9-8-24(33-37)35-15-22-23(16-35)40-11-10-34(22)4;1-19(2,3)27-18(26)24-9-14-16(17(24)25)11(20)7-13(23-14)15-10(8-22)5-4-6-12(15)21;1-19-14-10-20(11-15(14)23-12-17(19)22)16-7-8-21(18-16)9-13-5-3-2-4-6-13;1-19-9-10-22-16-13-20(12-15(16)19)17-7-8-21(18-17)11-14-5-3-2-4-6-14;1-13-4-5-15-9-7-14(6-8(9)13)10-2-3-11-12-10/h5-9,12,22-23H,10-11,14-16H2,1-4H3;4-7H,9H2,1-3H3;2-8,14-15H,9-12H2,1H3;2-8,15-16H,9-13H2,1H3;2-3,8-9H,4-7H2,1H3,(H,11,12)/t22-,23?;;14-,15+;15-,16+;8-,9+/m0.000/s1. The van der Waals surface area contributed by atoms with Crippen molar-refractivity contribution in [3.05, 3.63) is 220 Å². The summed E-state index contributed by atoms with van der Waals surface area (Å²) in [5, 5.41) is 40.1. The number of halogens is 3. The average molecular weight is 1770 g/mol. The molecule has 5 amide bonds.